The first-order valence-electron chi connectivity index (χ1n) is 9.85. The zero-order chi connectivity index (χ0) is 20.2. The van der Waals surface area contributed by atoms with Crippen molar-refractivity contribution < 1.29 is 12.9 Å². The van der Waals surface area contributed by atoms with Gasteiger partial charge < -0.3 is 9.84 Å². The van der Waals surface area contributed by atoms with Crippen molar-refractivity contribution in [2.24, 2.45) is 5.92 Å². The maximum Gasteiger partial charge on any atom is 0.321 e. The second-order valence-corrected chi connectivity index (χ2v) is 11.0. The monoisotopic (exact) mass is 406 g/mol. The number of benzene rings is 1. The summed E-state index contributed by atoms with van der Waals surface area (Å²) in [5.74, 6) is 1.03. The van der Waals surface area contributed by atoms with E-state index in [9.17, 15) is 8.42 Å². The number of sulfonamides is 1. The van der Waals surface area contributed by atoms with E-state index in [0.29, 0.717) is 30.7 Å². The number of hydrogen-bond acceptors (Lipinski definition) is 6. The van der Waals surface area contributed by atoms with Gasteiger partial charge in [0.15, 0.2) is 5.82 Å². The Morgan fingerprint density at radius 2 is 1.79 bits per heavy atom. The smallest absolute Gasteiger partial charge is 0.321 e. The van der Waals surface area contributed by atoms with Gasteiger partial charge in [0.1, 0.15) is 0 Å². The number of nitrogens with zero attached hydrogens (tertiary/aromatic N) is 2. The van der Waals surface area contributed by atoms with Crippen LogP contribution in [0, 0.1) is 5.92 Å². The molecule has 0 unspecified atom stereocenters. The van der Waals surface area contributed by atoms with Gasteiger partial charge in [-0.3, -0.25) is 0 Å². The molecule has 7 nitrogen and oxygen atoms in total. The fourth-order valence-corrected chi connectivity index (χ4v) is 4.18. The fraction of sp³-hybridized carbons (Fsp3) is 0.600. The van der Waals surface area contributed by atoms with E-state index in [-0.39, 0.29) is 6.04 Å². The highest BCUT2D eigenvalue weighted by Gasteiger charge is 2.30. The first kappa shape index (κ1) is 20.8. The second kappa shape index (κ2) is 8.61. The first-order chi connectivity index (χ1) is 13.2. The Morgan fingerprint density at radius 3 is 2.43 bits per heavy atom. The van der Waals surface area contributed by atoms with Crippen LogP contribution in [0.4, 0.5) is 6.01 Å². The summed E-state index contributed by atoms with van der Waals surface area (Å²) in [6, 6.07) is 10.8. The van der Waals surface area contributed by atoms with E-state index in [1.807, 2.05) is 30.3 Å². The largest absolute Gasteiger partial charge is 0.335 e. The Labute approximate surface area is 167 Å². The topological polar surface area (TPSA) is 97.1 Å². The molecule has 1 saturated carbocycles. The van der Waals surface area contributed by atoms with E-state index in [0.717, 1.165) is 31.2 Å². The van der Waals surface area contributed by atoms with Crippen LogP contribution >= 0.6 is 0 Å². The van der Waals surface area contributed by atoms with Gasteiger partial charge in [0.2, 0.25) is 10.0 Å². The minimum atomic E-state index is -3.28. The van der Waals surface area contributed by atoms with Gasteiger partial charge >= 0.3 is 6.01 Å². The highest BCUT2D eigenvalue weighted by molar-refractivity contribution is 7.90. The summed E-state index contributed by atoms with van der Waals surface area (Å²) < 4.78 is 31.7. The maximum atomic E-state index is 12.2. The lowest BCUT2D eigenvalue weighted by Crippen LogP contribution is -2.42. The van der Waals surface area contributed by atoms with Crippen molar-refractivity contribution in [1.82, 2.24) is 14.9 Å². The van der Waals surface area contributed by atoms with E-state index in [2.05, 4.69) is 20.2 Å². The maximum absolute atomic E-state index is 12.2. The molecule has 2 aromatic rings. The number of nitrogens with one attached hydrogen (secondary N) is 2. The molecule has 0 saturated heterocycles. The Hall–Kier alpha value is -1.93. The number of anilines is 1. The van der Waals surface area contributed by atoms with Crippen molar-refractivity contribution in [3.63, 3.8) is 0 Å². The summed E-state index contributed by atoms with van der Waals surface area (Å²) in [5.41, 5.74) is 1.15. The van der Waals surface area contributed by atoms with Gasteiger partial charge in [0, 0.05) is 19.0 Å². The lowest BCUT2D eigenvalue weighted by Gasteiger charge is -2.29. The van der Waals surface area contributed by atoms with Crippen molar-refractivity contribution in [3.05, 3.63) is 41.7 Å². The first-order valence-corrected chi connectivity index (χ1v) is 11.3. The van der Waals surface area contributed by atoms with Crippen LogP contribution in [0.1, 0.15) is 57.8 Å². The summed E-state index contributed by atoms with van der Waals surface area (Å²) in [7, 11) is -3.28. The van der Waals surface area contributed by atoms with Gasteiger partial charge in [-0.2, -0.15) is 4.98 Å². The summed E-state index contributed by atoms with van der Waals surface area (Å²) in [4.78, 5) is 4.43. The highest BCUT2D eigenvalue weighted by Crippen LogP contribution is 2.26. The molecule has 1 aliphatic carbocycles. The normalized spacial score (nSPS) is 20.8. The minimum Gasteiger partial charge on any atom is -0.335 e. The van der Waals surface area contributed by atoms with Crippen LogP contribution < -0.4 is 10.0 Å². The molecule has 0 aliphatic heterocycles. The lowest BCUT2D eigenvalue weighted by molar-refractivity contribution is 0.329. The van der Waals surface area contributed by atoms with Crippen LogP contribution in [-0.4, -0.2) is 35.9 Å². The van der Waals surface area contributed by atoms with Crippen molar-refractivity contribution >= 4 is 16.0 Å². The molecule has 1 fully saturated rings. The summed E-state index contributed by atoms with van der Waals surface area (Å²) in [5, 5.41) is 7.37. The van der Waals surface area contributed by atoms with E-state index in [1.54, 1.807) is 20.8 Å². The van der Waals surface area contributed by atoms with E-state index in [1.165, 1.54) is 0 Å². The predicted molar refractivity (Wildman–Crippen MR) is 110 cm³/mol. The summed E-state index contributed by atoms with van der Waals surface area (Å²) in [6.45, 7) is 5.65. The number of aromatic nitrogens is 2. The molecule has 3 rings (SSSR count). The Bertz CT molecular complexity index is 851. The molecule has 1 aromatic heterocycles. The zero-order valence-corrected chi connectivity index (χ0v) is 17.6. The van der Waals surface area contributed by atoms with E-state index in [4.69, 9.17) is 4.52 Å². The molecular weight excluding hydrogens is 376 g/mol. The summed E-state index contributed by atoms with van der Waals surface area (Å²) in [6.07, 6.45) is 4.49. The van der Waals surface area contributed by atoms with Crippen LogP contribution in [0.5, 0.6) is 0 Å². The van der Waals surface area contributed by atoms with Gasteiger partial charge in [-0.25, -0.2) is 13.1 Å². The van der Waals surface area contributed by atoms with Gasteiger partial charge in [0.05, 0.1) is 4.75 Å². The van der Waals surface area contributed by atoms with E-state index < -0.39 is 14.8 Å². The molecule has 0 atom stereocenters. The van der Waals surface area contributed by atoms with Crippen LogP contribution in [0.3, 0.4) is 0 Å². The average Bonchev–Trinajstić information content (AvgIpc) is 3.08. The molecule has 0 radical (unpaired) electrons. The molecular formula is C20H30N4O3S. The zero-order valence-electron chi connectivity index (χ0n) is 16.8. The molecule has 1 heterocycles. The van der Waals surface area contributed by atoms with Crippen LogP contribution in [-0.2, 0) is 16.4 Å². The molecule has 1 aliphatic rings. The van der Waals surface area contributed by atoms with Crippen molar-refractivity contribution in [2.75, 3.05) is 11.9 Å². The lowest BCUT2D eigenvalue weighted by atomic mass is 9.86. The van der Waals surface area contributed by atoms with Crippen LogP contribution in [0.15, 0.2) is 34.9 Å². The molecule has 2 N–H and O–H groups in total. The Kier molecular flexibility index (Phi) is 6.40. The quantitative estimate of drug-likeness (QED) is 0.732. The highest BCUT2D eigenvalue weighted by atomic mass is 32.2. The van der Waals surface area contributed by atoms with Crippen molar-refractivity contribution in [3.8, 4) is 0 Å². The SMILES string of the molecule is CC(C)(C)S(=O)(=O)NC[C@H]1CC[C@H](Nc2nc(Cc3ccccc3)no2)CC1. The molecule has 0 bridgehead atoms. The third-order valence-corrected chi connectivity index (χ3v) is 7.37. The minimum absolute atomic E-state index is 0.278. The summed E-state index contributed by atoms with van der Waals surface area (Å²) >= 11 is 0. The third-order valence-electron chi connectivity index (χ3n) is 5.22. The standard InChI is InChI=1S/C20H30N4O3S/c1-20(2,3)28(25,26)21-14-16-9-11-17(12-10-16)22-19-23-18(24-27-19)13-15-7-5-4-6-8-15/h4-8,16-17,21H,9-14H2,1-3H3,(H,22,23,24)/t16-,17-. The molecule has 8 heteroatoms. The molecule has 1 aromatic carbocycles. The van der Waals surface area contributed by atoms with Crippen molar-refractivity contribution in [2.45, 2.75) is 63.7 Å². The third kappa shape index (κ3) is 5.54. The van der Waals surface area contributed by atoms with Gasteiger partial charge in [-0.1, -0.05) is 35.5 Å². The average molecular weight is 407 g/mol. The van der Waals surface area contributed by atoms with Gasteiger partial charge in [0.25, 0.3) is 0 Å². The van der Waals surface area contributed by atoms with Gasteiger partial charge in [-0.15, -0.1) is 0 Å². The molecule has 28 heavy (non-hydrogen) atoms. The molecule has 0 amide bonds. The van der Waals surface area contributed by atoms with Crippen LogP contribution in [0.25, 0.3) is 0 Å². The molecule has 154 valence electrons. The second-order valence-electron chi connectivity index (χ2n) is 8.50. The Balaban J connectivity index is 1.43. The van der Waals surface area contributed by atoms with Crippen LogP contribution in [0.2, 0.25) is 0 Å². The number of rotatable bonds is 7. The van der Waals surface area contributed by atoms with E-state index >= 15 is 0 Å². The number of hydrogen-bond donors (Lipinski definition) is 2. The predicted octanol–water partition coefficient (Wildman–Crippen LogP) is 3.35. The fourth-order valence-electron chi connectivity index (χ4n) is 3.29. The molecule has 0 spiro atoms. The van der Waals surface area contributed by atoms with Gasteiger partial charge in [-0.05, 0) is 57.9 Å². The Morgan fingerprint density at radius 1 is 1.11 bits per heavy atom. The van der Waals surface area contributed by atoms with Crippen molar-refractivity contribution in [1.29, 1.82) is 0 Å².